The number of hydrogen-bond acceptors (Lipinski definition) is 13. The van der Waals surface area contributed by atoms with Gasteiger partial charge < -0.3 is 65.1 Å². The molecule has 0 aromatic carbocycles. The van der Waals surface area contributed by atoms with E-state index in [2.05, 4.69) is 104 Å². The van der Waals surface area contributed by atoms with Gasteiger partial charge in [-0.2, -0.15) is 0 Å². The van der Waals surface area contributed by atoms with Gasteiger partial charge in [0.1, 0.15) is 48.8 Å². The van der Waals surface area contributed by atoms with E-state index >= 15 is 0 Å². The fourth-order valence-electron chi connectivity index (χ4n) is 12.7. The van der Waals surface area contributed by atoms with Gasteiger partial charge in [0, 0.05) is 6.42 Å². The third kappa shape index (κ3) is 49.2. The highest BCUT2D eigenvalue weighted by Crippen LogP contribution is 2.30. The van der Waals surface area contributed by atoms with Crippen molar-refractivity contribution in [1.29, 1.82) is 0 Å². The van der Waals surface area contributed by atoms with Crippen LogP contribution in [0.15, 0.2) is 97.2 Å². The maximum Gasteiger partial charge on any atom is 0.220 e. The Morgan fingerprint density at radius 2 is 0.711 bits per heavy atom. The highest BCUT2D eigenvalue weighted by atomic mass is 16.7. The molecule has 12 atom stereocenters. The number of amides is 1. The number of carbonyl (C=O) groups excluding carboxylic acids is 1. The first kappa shape index (κ1) is 90.0. The van der Waals surface area contributed by atoms with Crippen molar-refractivity contribution in [3.8, 4) is 0 Å². The summed E-state index contributed by atoms with van der Waals surface area (Å²) in [6, 6.07) is -0.925. The zero-order chi connectivity index (χ0) is 70.1. The zero-order valence-corrected chi connectivity index (χ0v) is 61.6. The van der Waals surface area contributed by atoms with Gasteiger partial charge in [-0.15, -0.1) is 0 Å². The monoisotopic (exact) mass is 1370 g/mol. The van der Waals surface area contributed by atoms with Crippen molar-refractivity contribution in [2.75, 3.05) is 19.8 Å². The number of allylic oxidation sites excluding steroid dienone is 15. The molecule has 0 aliphatic carbocycles. The largest absolute Gasteiger partial charge is 0.394 e. The topological polar surface area (TPSA) is 228 Å². The first-order valence-corrected chi connectivity index (χ1v) is 40.0. The first-order chi connectivity index (χ1) is 47.6. The third-order valence-corrected chi connectivity index (χ3v) is 19.0. The quantitative estimate of drug-likeness (QED) is 0.0204. The Morgan fingerprint density at radius 3 is 1.09 bits per heavy atom. The lowest BCUT2D eigenvalue weighted by molar-refractivity contribution is -0.359. The minimum atomic E-state index is -1.79. The number of rotatable bonds is 66. The summed E-state index contributed by atoms with van der Waals surface area (Å²) in [5.41, 5.74) is 0. The number of aliphatic hydroxyl groups excluding tert-OH is 8. The molecule has 2 saturated heterocycles. The predicted octanol–water partition coefficient (Wildman–Crippen LogP) is 18.1. The summed E-state index contributed by atoms with van der Waals surface area (Å²) in [7, 11) is 0. The molecule has 14 heteroatoms. The summed E-state index contributed by atoms with van der Waals surface area (Å²) in [6.07, 6.45) is 77.6. The summed E-state index contributed by atoms with van der Waals surface area (Å²) >= 11 is 0. The van der Waals surface area contributed by atoms with E-state index in [0.717, 1.165) is 89.9 Å². The van der Waals surface area contributed by atoms with Crippen molar-refractivity contribution in [1.82, 2.24) is 5.32 Å². The average molecular weight is 1370 g/mol. The molecule has 2 fully saturated rings. The molecule has 97 heavy (non-hydrogen) atoms. The highest BCUT2D eigenvalue weighted by molar-refractivity contribution is 5.76. The van der Waals surface area contributed by atoms with Crippen molar-refractivity contribution < 1.29 is 64.6 Å². The van der Waals surface area contributed by atoms with Gasteiger partial charge >= 0.3 is 0 Å². The Kier molecular flexibility index (Phi) is 61.4. The van der Waals surface area contributed by atoms with Crippen LogP contribution in [-0.4, -0.2) is 140 Å². The lowest BCUT2D eigenvalue weighted by Crippen LogP contribution is -2.65. The predicted molar refractivity (Wildman–Crippen MR) is 401 cm³/mol. The van der Waals surface area contributed by atoms with E-state index in [-0.39, 0.29) is 18.9 Å². The number of hydrogen-bond donors (Lipinski definition) is 9. The molecular weight excluding hydrogens is 1220 g/mol. The molecule has 0 bridgehead atoms. The molecule has 0 aromatic heterocycles. The second-order valence-electron chi connectivity index (χ2n) is 27.8. The smallest absolute Gasteiger partial charge is 0.220 e. The molecule has 2 aliphatic rings. The maximum absolute atomic E-state index is 13.4. The van der Waals surface area contributed by atoms with Gasteiger partial charge in [0.05, 0.1) is 32.0 Å². The number of ether oxygens (including phenoxy) is 4. The SMILES string of the molecule is CC/C=C\C/C=C\C/C=C\C/C=C\C/C=C\C/C=C\C/C=C\CCCCCCCCCCCCCC(=O)NC(COC1OC(CO)C(OC2OC(CO)C(O)C(O)C2O)C(O)C1O)C(O)/C=C/CCCCCCCCCCCCCCCCCCCCCCCCCCCCCC. The fraction of sp³-hybridized carbons (Fsp3) is 0.795. The van der Waals surface area contributed by atoms with Crippen LogP contribution < -0.4 is 5.32 Å². The third-order valence-electron chi connectivity index (χ3n) is 19.0. The number of nitrogens with one attached hydrogen (secondary N) is 1. The number of unbranched alkanes of at least 4 members (excludes halogenated alkanes) is 39. The Hall–Kier alpha value is -3.09. The Morgan fingerprint density at radius 1 is 0.381 bits per heavy atom. The molecule has 14 nitrogen and oxygen atoms in total. The maximum atomic E-state index is 13.4. The number of aliphatic hydroxyl groups is 8. The highest BCUT2D eigenvalue weighted by Gasteiger charge is 2.51. The van der Waals surface area contributed by atoms with Crippen molar-refractivity contribution in [2.24, 2.45) is 0 Å². The van der Waals surface area contributed by atoms with Gasteiger partial charge in [-0.25, -0.2) is 0 Å². The average Bonchev–Trinajstić information content (AvgIpc) is 0.794. The van der Waals surface area contributed by atoms with Crippen LogP contribution in [0.3, 0.4) is 0 Å². The van der Waals surface area contributed by atoms with Crippen LogP contribution in [0.5, 0.6) is 0 Å². The molecule has 9 N–H and O–H groups in total. The molecule has 1 amide bonds. The van der Waals surface area contributed by atoms with Crippen LogP contribution in [0, 0.1) is 0 Å². The van der Waals surface area contributed by atoms with Gasteiger partial charge in [0.2, 0.25) is 5.91 Å². The van der Waals surface area contributed by atoms with E-state index in [0.29, 0.717) is 6.42 Å². The molecule has 2 aliphatic heterocycles. The van der Waals surface area contributed by atoms with Crippen LogP contribution in [0.4, 0.5) is 0 Å². The molecule has 0 radical (unpaired) electrons. The summed E-state index contributed by atoms with van der Waals surface area (Å²) in [6.45, 7) is 2.72. The molecular formula is C83H147NO13. The van der Waals surface area contributed by atoms with E-state index in [1.165, 1.54) is 212 Å². The molecule has 2 heterocycles. The lowest BCUT2D eigenvalue weighted by Gasteiger charge is -2.46. The first-order valence-electron chi connectivity index (χ1n) is 40.0. The second-order valence-corrected chi connectivity index (χ2v) is 27.8. The lowest BCUT2D eigenvalue weighted by atomic mass is 9.97. The van der Waals surface area contributed by atoms with E-state index in [1.807, 2.05) is 6.08 Å². The van der Waals surface area contributed by atoms with E-state index < -0.39 is 86.8 Å². The van der Waals surface area contributed by atoms with Gasteiger partial charge in [-0.1, -0.05) is 342 Å². The summed E-state index contributed by atoms with van der Waals surface area (Å²) in [5, 5.41) is 87.7. The molecule has 0 spiro atoms. The Balaban J connectivity index is 1.64. The van der Waals surface area contributed by atoms with Crippen LogP contribution in [0.1, 0.15) is 328 Å². The summed E-state index contributed by atoms with van der Waals surface area (Å²) in [5.74, 6) is -0.242. The minimum Gasteiger partial charge on any atom is -0.394 e. The van der Waals surface area contributed by atoms with Gasteiger partial charge in [-0.3, -0.25) is 4.79 Å². The molecule has 0 saturated carbocycles. The Labute approximate surface area is 592 Å². The van der Waals surface area contributed by atoms with Crippen LogP contribution >= 0.6 is 0 Å². The summed E-state index contributed by atoms with van der Waals surface area (Å²) in [4.78, 5) is 13.4. The molecule has 12 unspecified atom stereocenters. The van der Waals surface area contributed by atoms with Gasteiger partial charge in [0.25, 0.3) is 0 Å². The van der Waals surface area contributed by atoms with E-state index in [9.17, 15) is 45.6 Å². The normalized spacial score (nSPS) is 22.7. The number of carbonyl (C=O) groups is 1. The molecule has 562 valence electrons. The molecule has 2 rings (SSSR count). The fourth-order valence-corrected chi connectivity index (χ4v) is 12.7. The van der Waals surface area contributed by atoms with Crippen molar-refractivity contribution in [3.05, 3.63) is 97.2 Å². The van der Waals surface area contributed by atoms with Gasteiger partial charge in [-0.05, 0) is 77.0 Å². The van der Waals surface area contributed by atoms with Crippen molar-refractivity contribution in [2.45, 2.75) is 402 Å². The standard InChI is InChI=1S/C83H147NO13/c1-3-5-7-9-11-13-15-17-19-21-23-25-27-29-31-33-35-36-37-39-41-43-45-47-49-51-53-55-57-59-61-63-65-67-75(88)84-71(70-94-82-80(93)78(91)81(74(69-86)96-82)97-83-79(92)77(90)76(89)73(68-85)95-83)72(87)66-64-62-60-58-56-54-52-50-48-46-44-42-40-38-34-32-30-28-26-24-22-20-18-16-14-12-10-8-6-4-2/h5,7,11,13,17,19,23,25,29,31,35-36,39,41,64,66,71-74,76-83,85-87,89-93H,3-4,6,8-10,12,14-16,18,20-22,24,26-28,30,32-34,37-38,40,42-63,65,67-70H2,1-2H3,(H,84,88)/b7-5-,13-11-,19-17-,25-23-,31-29-,36-35-,41-39-,66-64+. The zero-order valence-electron chi connectivity index (χ0n) is 61.6. The second kappa shape index (κ2) is 66.2. The van der Waals surface area contributed by atoms with Crippen molar-refractivity contribution >= 4 is 5.91 Å². The van der Waals surface area contributed by atoms with Crippen LogP contribution in [0.25, 0.3) is 0 Å². The van der Waals surface area contributed by atoms with E-state index in [1.54, 1.807) is 6.08 Å². The molecule has 0 aromatic rings. The Bertz CT molecular complexity index is 2000. The summed E-state index contributed by atoms with van der Waals surface area (Å²) < 4.78 is 22.9. The minimum absolute atomic E-state index is 0.242. The van der Waals surface area contributed by atoms with Crippen LogP contribution in [-0.2, 0) is 23.7 Å². The van der Waals surface area contributed by atoms with Gasteiger partial charge in [0.15, 0.2) is 12.6 Å². The van der Waals surface area contributed by atoms with Crippen molar-refractivity contribution in [3.63, 3.8) is 0 Å². The van der Waals surface area contributed by atoms with Crippen LogP contribution in [0.2, 0.25) is 0 Å². The van der Waals surface area contributed by atoms with E-state index in [4.69, 9.17) is 18.9 Å².